The molecule has 3 rings (SSSR count). The van der Waals surface area contributed by atoms with E-state index in [0.717, 1.165) is 22.7 Å². The number of carbonyl (C=O) groups excluding carboxylic acids is 2. The van der Waals surface area contributed by atoms with Gasteiger partial charge in [0.1, 0.15) is 10.6 Å². The minimum absolute atomic E-state index is 0.0621. The number of esters is 1. The minimum Gasteiger partial charge on any atom is -0.466 e. The largest absolute Gasteiger partial charge is 0.466 e. The quantitative estimate of drug-likeness (QED) is 0.785. The van der Waals surface area contributed by atoms with Crippen molar-refractivity contribution in [2.24, 2.45) is 5.92 Å². The normalized spacial score (nSPS) is 15.2. The number of nitrogens with zero attached hydrogens (tertiary/aromatic N) is 3. The van der Waals surface area contributed by atoms with Crippen molar-refractivity contribution in [3.8, 4) is 11.3 Å². The number of hydrogen-bond donors (Lipinski definition) is 0. The van der Waals surface area contributed by atoms with Crippen LogP contribution in [0.1, 0.15) is 35.0 Å². The molecule has 1 aliphatic heterocycles. The Morgan fingerprint density at radius 2 is 1.92 bits per heavy atom. The van der Waals surface area contributed by atoms with Gasteiger partial charge in [0.15, 0.2) is 0 Å². The van der Waals surface area contributed by atoms with Crippen LogP contribution in [0.25, 0.3) is 11.3 Å². The summed E-state index contributed by atoms with van der Waals surface area (Å²) in [6, 6.07) is 7.90. The Labute approximate surface area is 151 Å². The average Bonchev–Trinajstić information content (AvgIpc) is 3.12. The van der Waals surface area contributed by atoms with Crippen molar-refractivity contribution in [1.82, 2.24) is 14.5 Å². The van der Waals surface area contributed by atoms with Crippen LogP contribution in [0.15, 0.2) is 24.3 Å². The van der Waals surface area contributed by atoms with E-state index in [0.29, 0.717) is 43.1 Å². The van der Waals surface area contributed by atoms with Gasteiger partial charge in [0.2, 0.25) is 0 Å². The molecule has 1 amide bonds. The highest BCUT2D eigenvalue weighted by Gasteiger charge is 2.30. The van der Waals surface area contributed by atoms with E-state index < -0.39 is 0 Å². The molecule has 0 spiro atoms. The van der Waals surface area contributed by atoms with Crippen LogP contribution >= 0.6 is 11.5 Å². The first-order chi connectivity index (χ1) is 12.1. The van der Waals surface area contributed by atoms with Crippen LogP contribution < -0.4 is 0 Å². The summed E-state index contributed by atoms with van der Waals surface area (Å²) >= 11 is 1.12. The molecular weight excluding hydrogens is 338 g/mol. The lowest BCUT2D eigenvalue weighted by molar-refractivity contribution is -0.149. The molecule has 0 atom stereocenters. The summed E-state index contributed by atoms with van der Waals surface area (Å²) in [5.74, 6) is -0.331. The average molecular weight is 359 g/mol. The van der Waals surface area contributed by atoms with Gasteiger partial charge in [0.25, 0.3) is 5.91 Å². The van der Waals surface area contributed by atoms with Gasteiger partial charge >= 0.3 is 5.97 Å². The first-order valence-electron chi connectivity index (χ1n) is 8.45. The van der Waals surface area contributed by atoms with Crippen molar-refractivity contribution in [2.45, 2.75) is 26.7 Å². The number of rotatable bonds is 4. The van der Waals surface area contributed by atoms with E-state index in [2.05, 4.69) is 9.59 Å². The lowest BCUT2D eigenvalue weighted by Gasteiger charge is -2.30. The molecule has 6 nitrogen and oxygen atoms in total. The Bertz CT molecular complexity index is 749. The van der Waals surface area contributed by atoms with E-state index in [4.69, 9.17) is 4.74 Å². The van der Waals surface area contributed by atoms with Crippen LogP contribution in [0.2, 0.25) is 0 Å². The second-order valence-corrected chi connectivity index (χ2v) is 6.89. The van der Waals surface area contributed by atoms with Crippen molar-refractivity contribution in [3.05, 3.63) is 34.7 Å². The van der Waals surface area contributed by atoms with Crippen molar-refractivity contribution < 1.29 is 14.3 Å². The van der Waals surface area contributed by atoms with Gasteiger partial charge in [-0.25, -0.2) is 0 Å². The molecular formula is C18H21N3O3S. The Morgan fingerprint density at radius 3 is 2.56 bits per heavy atom. The van der Waals surface area contributed by atoms with E-state index in [-0.39, 0.29) is 17.8 Å². The molecule has 1 fully saturated rings. The topological polar surface area (TPSA) is 72.4 Å². The van der Waals surface area contributed by atoms with E-state index in [9.17, 15) is 9.59 Å². The summed E-state index contributed by atoms with van der Waals surface area (Å²) in [5, 5.41) is 4.15. The first kappa shape index (κ1) is 17.5. The minimum atomic E-state index is -0.158. The Morgan fingerprint density at radius 1 is 1.24 bits per heavy atom. The summed E-state index contributed by atoms with van der Waals surface area (Å²) in [5.41, 5.74) is 2.67. The van der Waals surface area contributed by atoms with Crippen LogP contribution in [0.3, 0.4) is 0 Å². The molecule has 1 aromatic heterocycles. The highest BCUT2D eigenvalue weighted by molar-refractivity contribution is 7.08. The van der Waals surface area contributed by atoms with Crippen LogP contribution in [0.4, 0.5) is 0 Å². The van der Waals surface area contributed by atoms with E-state index >= 15 is 0 Å². The molecule has 25 heavy (non-hydrogen) atoms. The van der Waals surface area contributed by atoms with Crippen LogP contribution in [0, 0.1) is 12.8 Å². The van der Waals surface area contributed by atoms with Gasteiger partial charge in [-0.2, -0.15) is 0 Å². The van der Waals surface area contributed by atoms with Crippen molar-refractivity contribution in [3.63, 3.8) is 0 Å². The van der Waals surface area contributed by atoms with Crippen molar-refractivity contribution in [2.75, 3.05) is 19.7 Å². The van der Waals surface area contributed by atoms with Crippen LogP contribution in [-0.4, -0.2) is 46.1 Å². The van der Waals surface area contributed by atoms with Gasteiger partial charge in [-0.05, 0) is 38.2 Å². The molecule has 132 valence electrons. The fourth-order valence-electron chi connectivity index (χ4n) is 2.95. The third-order valence-electron chi connectivity index (χ3n) is 4.41. The van der Waals surface area contributed by atoms with Gasteiger partial charge in [-0.3, -0.25) is 9.59 Å². The molecule has 2 aromatic rings. The zero-order valence-corrected chi connectivity index (χ0v) is 15.2. The number of amides is 1. The zero-order valence-electron chi connectivity index (χ0n) is 14.4. The third kappa shape index (κ3) is 3.87. The monoisotopic (exact) mass is 359 g/mol. The summed E-state index contributed by atoms with van der Waals surface area (Å²) < 4.78 is 9.05. The second-order valence-electron chi connectivity index (χ2n) is 6.14. The SMILES string of the molecule is CCOC(=O)C1CCN(C(=O)c2snnc2-c2ccc(C)cc2)CC1. The molecule has 0 saturated carbocycles. The molecule has 1 aliphatic rings. The van der Waals surface area contributed by atoms with Crippen molar-refractivity contribution in [1.29, 1.82) is 0 Å². The molecule has 1 aromatic carbocycles. The first-order valence-corrected chi connectivity index (χ1v) is 9.22. The van der Waals surface area contributed by atoms with Crippen molar-refractivity contribution >= 4 is 23.4 Å². The highest BCUT2D eigenvalue weighted by atomic mass is 32.1. The van der Waals surface area contributed by atoms with Crippen LogP contribution in [-0.2, 0) is 9.53 Å². The molecule has 2 heterocycles. The number of aromatic nitrogens is 2. The number of carbonyl (C=O) groups is 2. The van der Waals surface area contributed by atoms with E-state index in [1.165, 1.54) is 0 Å². The lowest BCUT2D eigenvalue weighted by atomic mass is 9.96. The van der Waals surface area contributed by atoms with E-state index in [1.807, 2.05) is 31.2 Å². The number of hydrogen-bond acceptors (Lipinski definition) is 6. The second kappa shape index (κ2) is 7.74. The molecule has 0 aliphatic carbocycles. The maximum atomic E-state index is 12.9. The predicted molar refractivity (Wildman–Crippen MR) is 95.3 cm³/mol. The van der Waals surface area contributed by atoms with E-state index in [1.54, 1.807) is 11.8 Å². The predicted octanol–water partition coefficient (Wildman–Crippen LogP) is 2.93. The van der Waals surface area contributed by atoms with Gasteiger partial charge in [-0.1, -0.05) is 34.3 Å². The molecule has 0 N–H and O–H groups in total. The lowest BCUT2D eigenvalue weighted by Crippen LogP contribution is -2.40. The summed E-state index contributed by atoms with van der Waals surface area (Å²) in [6.07, 6.45) is 1.27. The summed E-state index contributed by atoms with van der Waals surface area (Å²) in [7, 11) is 0. The Balaban J connectivity index is 1.70. The maximum Gasteiger partial charge on any atom is 0.309 e. The fourth-order valence-corrected chi connectivity index (χ4v) is 3.61. The summed E-state index contributed by atoms with van der Waals surface area (Å²) in [6.45, 7) is 5.31. The Hall–Kier alpha value is -2.28. The smallest absolute Gasteiger partial charge is 0.309 e. The molecule has 7 heteroatoms. The number of aryl methyl sites for hydroxylation is 1. The van der Waals surface area contributed by atoms with Gasteiger partial charge in [-0.15, -0.1) is 5.10 Å². The van der Waals surface area contributed by atoms with Gasteiger partial charge in [0, 0.05) is 18.7 Å². The van der Waals surface area contributed by atoms with Gasteiger partial charge in [0.05, 0.1) is 12.5 Å². The number of likely N-dealkylation sites (tertiary alicyclic amines) is 1. The number of ether oxygens (including phenoxy) is 1. The number of piperidine rings is 1. The third-order valence-corrected chi connectivity index (χ3v) is 5.12. The van der Waals surface area contributed by atoms with Gasteiger partial charge < -0.3 is 9.64 Å². The molecule has 0 unspecified atom stereocenters. The zero-order chi connectivity index (χ0) is 17.8. The standard InChI is InChI=1S/C18H21N3O3S/c1-3-24-18(23)14-8-10-21(11-9-14)17(22)16-15(19-20-25-16)13-6-4-12(2)5-7-13/h4-7,14H,3,8-11H2,1-2H3. The number of benzene rings is 1. The molecule has 0 bridgehead atoms. The van der Waals surface area contributed by atoms with Crippen LogP contribution in [0.5, 0.6) is 0 Å². The molecule has 0 radical (unpaired) electrons. The molecule has 1 saturated heterocycles. The highest BCUT2D eigenvalue weighted by Crippen LogP contribution is 2.27. The Kier molecular flexibility index (Phi) is 5.43. The fraction of sp³-hybridized carbons (Fsp3) is 0.444. The summed E-state index contributed by atoms with van der Waals surface area (Å²) in [4.78, 5) is 27.0. The maximum absolute atomic E-state index is 12.9.